The molecule has 0 spiro atoms. The molecule has 22 heavy (non-hydrogen) atoms. The van der Waals surface area contributed by atoms with E-state index in [1.54, 1.807) is 6.20 Å². The van der Waals surface area contributed by atoms with Gasteiger partial charge in [-0.3, -0.25) is 0 Å². The third-order valence-corrected chi connectivity index (χ3v) is 3.25. The topological polar surface area (TPSA) is 86.0 Å². The minimum absolute atomic E-state index is 0.292. The molecule has 6 nitrogen and oxygen atoms in total. The minimum atomic E-state index is 0.292. The lowest BCUT2D eigenvalue weighted by molar-refractivity contribution is 0.464. The Kier molecular flexibility index (Phi) is 4.15. The number of halogens is 1. The molecular weight excluding hydrogens is 346 g/mol. The normalized spacial score (nSPS) is 10.2. The number of aromatic nitrogens is 3. The van der Waals surface area contributed by atoms with Crippen molar-refractivity contribution in [2.24, 2.45) is 0 Å². The second-order valence-corrected chi connectivity index (χ2v) is 5.26. The number of nitrogen functional groups attached to an aromatic ring is 1. The Morgan fingerprint density at radius 3 is 2.55 bits per heavy atom. The molecule has 3 aromatic rings. The fraction of sp³-hybridized carbons (Fsp3) is 0. The second kappa shape index (κ2) is 6.40. The molecule has 0 aliphatic carbocycles. The Morgan fingerprint density at radius 1 is 1.00 bits per heavy atom. The maximum Gasteiger partial charge on any atom is 0.248 e. The number of pyridine rings is 1. The van der Waals surface area contributed by atoms with Crippen molar-refractivity contribution < 1.29 is 4.74 Å². The third kappa shape index (κ3) is 3.32. The minimum Gasteiger partial charge on any atom is -0.437 e. The van der Waals surface area contributed by atoms with Gasteiger partial charge in [0.05, 0.1) is 0 Å². The largest absolute Gasteiger partial charge is 0.437 e. The van der Waals surface area contributed by atoms with Crippen molar-refractivity contribution in [1.82, 2.24) is 15.0 Å². The van der Waals surface area contributed by atoms with Gasteiger partial charge in [0.1, 0.15) is 23.6 Å². The Bertz CT molecular complexity index is 765. The molecule has 0 amide bonds. The lowest BCUT2D eigenvalue weighted by Crippen LogP contribution is -2.03. The van der Waals surface area contributed by atoms with Crippen LogP contribution in [0.15, 0.2) is 59.5 Å². The molecule has 1 aromatic carbocycles. The van der Waals surface area contributed by atoms with Crippen LogP contribution in [0.25, 0.3) is 0 Å². The van der Waals surface area contributed by atoms with Crippen LogP contribution in [-0.2, 0) is 0 Å². The summed E-state index contributed by atoms with van der Waals surface area (Å²) >= 11 is 3.33. The molecule has 0 unspecified atom stereocenters. The number of hydrogen-bond donors (Lipinski definition) is 2. The lowest BCUT2D eigenvalue weighted by Gasteiger charge is -2.11. The van der Waals surface area contributed by atoms with Crippen molar-refractivity contribution >= 4 is 33.3 Å². The van der Waals surface area contributed by atoms with Crippen LogP contribution in [-0.4, -0.2) is 15.0 Å². The first-order valence-corrected chi connectivity index (χ1v) is 7.23. The quantitative estimate of drug-likeness (QED) is 0.739. The standard InChI is InChI=1S/C15H12BrN5O/c16-10-6-7-12(18-8-10)21-14-13(17)15(20-9-19-14)22-11-4-2-1-3-5-11/h1-9H,17H2,(H,18,19,20,21). The number of para-hydroxylation sites is 1. The van der Waals surface area contributed by atoms with E-state index in [-0.39, 0.29) is 0 Å². The fourth-order valence-electron chi connectivity index (χ4n) is 1.73. The molecule has 0 saturated heterocycles. The number of benzene rings is 1. The number of anilines is 3. The SMILES string of the molecule is Nc1c(Nc2ccc(Br)cn2)ncnc1Oc1ccccc1. The van der Waals surface area contributed by atoms with E-state index in [2.05, 4.69) is 36.2 Å². The molecule has 3 N–H and O–H groups in total. The molecule has 7 heteroatoms. The molecule has 0 radical (unpaired) electrons. The van der Waals surface area contributed by atoms with Gasteiger partial charge in [-0.25, -0.2) is 9.97 Å². The van der Waals surface area contributed by atoms with Crippen molar-refractivity contribution in [2.45, 2.75) is 0 Å². The van der Waals surface area contributed by atoms with Gasteiger partial charge in [0.25, 0.3) is 0 Å². The van der Waals surface area contributed by atoms with Crippen molar-refractivity contribution in [3.63, 3.8) is 0 Å². The monoisotopic (exact) mass is 357 g/mol. The highest BCUT2D eigenvalue weighted by molar-refractivity contribution is 9.10. The zero-order valence-corrected chi connectivity index (χ0v) is 13.0. The van der Waals surface area contributed by atoms with Crippen LogP contribution in [0.3, 0.4) is 0 Å². The van der Waals surface area contributed by atoms with Crippen LogP contribution >= 0.6 is 15.9 Å². The summed E-state index contributed by atoms with van der Waals surface area (Å²) < 4.78 is 6.55. The number of nitrogens with two attached hydrogens (primary N) is 1. The van der Waals surface area contributed by atoms with Crippen LogP contribution in [0.2, 0.25) is 0 Å². The second-order valence-electron chi connectivity index (χ2n) is 4.34. The molecule has 0 fully saturated rings. The Balaban J connectivity index is 1.84. The first-order chi connectivity index (χ1) is 10.7. The first kappa shape index (κ1) is 14.3. The average molecular weight is 358 g/mol. The highest BCUT2D eigenvalue weighted by Crippen LogP contribution is 2.30. The highest BCUT2D eigenvalue weighted by atomic mass is 79.9. The summed E-state index contributed by atoms with van der Waals surface area (Å²) in [6, 6.07) is 13.0. The van der Waals surface area contributed by atoms with Gasteiger partial charge in [-0.15, -0.1) is 0 Å². The number of ether oxygens (including phenoxy) is 1. The van der Waals surface area contributed by atoms with E-state index in [0.29, 0.717) is 29.0 Å². The van der Waals surface area contributed by atoms with Crippen molar-refractivity contribution in [2.75, 3.05) is 11.1 Å². The van der Waals surface area contributed by atoms with E-state index < -0.39 is 0 Å². The number of nitrogens with one attached hydrogen (secondary N) is 1. The summed E-state index contributed by atoms with van der Waals surface area (Å²) in [6.45, 7) is 0. The molecule has 110 valence electrons. The fourth-order valence-corrected chi connectivity index (χ4v) is 1.97. The predicted octanol–water partition coefficient (Wildman–Crippen LogP) is 3.75. The third-order valence-electron chi connectivity index (χ3n) is 2.78. The molecule has 2 heterocycles. The van der Waals surface area contributed by atoms with Crippen LogP contribution in [0.5, 0.6) is 11.6 Å². The van der Waals surface area contributed by atoms with Gasteiger partial charge in [0, 0.05) is 10.7 Å². The number of nitrogens with zero attached hydrogens (tertiary/aromatic N) is 3. The van der Waals surface area contributed by atoms with Crippen LogP contribution in [0, 0.1) is 0 Å². The van der Waals surface area contributed by atoms with Crippen molar-refractivity contribution in [3.8, 4) is 11.6 Å². The zero-order valence-electron chi connectivity index (χ0n) is 11.4. The Morgan fingerprint density at radius 2 is 1.82 bits per heavy atom. The molecule has 2 aromatic heterocycles. The Labute approximate surface area is 135 Å². The molecule has 0 atom stereocenters. The highest BCUT2D eigenvalue weighted by Gasteiger charge is 2.10. The molecular formula is C15H12BrN5O. The number of rotatable bonds is 4. The first-order valence-electron chi connectivity index (χ1n) is 6.44. The van der Waals surface area contributed by atoms with Gasteiger partial charge >= 0.3 is 0 Å². The van der Waals surface area contributed by atoms with E-state index >= 15 is 0 Å². The number of hydrogen-bond acceptors (Lipinski definition) is 6. The molecule has 0 aliphatic heterocycles. The van der Waals surface area contributed by atoms with Gasteiger partial charge in [-0.2, -0.15) is 4.98 Å². The molecule has 0 bridgehead atoms. The molecule has 0 aliphatic rings. The summed E-state index contributed by atoms with van der Waals surface area (Å²) in [5.41, 5.74) is 6.38. The van der Waals surface area contributed by atoms with Gasteiger partial charge < -0.3 is 15.8 Å². The smallest absolute Gasteiger partial charge is 0.248 e. The van der Waals surface area contributed by atoms with Crippen LogP contribution in [0.1, 0.15) is 0 Å². The van der Waals surface area contributed by atoms with Crippen LogP contribution < -0.4 is 15.8 Å². The zero-order chi connectivity index (χ0) is 15.4. The van der Waals surface area contributed by atoms with E-state index in [0.717, 1.165) is 4.47 Å². The summed E-state index contributed by atoms with van der Waals surface area (Å²) in [5, 5.41) is 3.04. The van der Waals surface area contributed by atoms with Gasteiger partial charge in [-0.05, 0) is 40.2 Å². The van der Waals surface area contributed by atoms with Crippen molar-refractivity contribution in [3.05, 3.63) is 59.5 Å². The summed E-state index contributed by atoms with van der Waals surface area (Å²) in [7, 11) is 0. The van der Waals surface area contributed by atoms with Crippen molar-refractivity contribution in [1.29, 1.82) is 0 Å². The summed E-state index contributed by atoms with van der Waals surface area (Å²) in [4.78, 5) is 12.4. The van der Waals surface area contributed by atoms with Gasteiger partial charge in [0.15, 0.2) is 5.82 Å². The molecule has 3 rings (SSSR count). The predicted molar refractivity (Wildman–Crippen MR) is 88.2 cm³/mol. The van der Waals surface area contributed by atoms with Gasteiger partial charge in [-0.1, -0.05) is 18.2 Å². The van der Waals surface area contributed by atoms with E-state index in [9.17, 15) is 0 Å². The maximum absolute atomic E-state index is 6.06. The van der Waals surface area contributed by atoms with E-state index in [4.69, 9.17) is 10.5 Å². The maximum atomic E-state index is 6.06. The van der Waals surface area contributed by atoms with E-state index in [1.807, 2.05) is 42.5 Å². The molecule has 0 saturated carbocycles. The summed E-state index contributed by atoms with van der Waals surface area (Å²) in [6.07, 6.45) is 3.07. The Hall–Kier alpha value is -2.67. The summed E-state index contributed by atoms with van der Waals surface area (Å²) in [5.74, 6) is 2.01. The average Bonchev–Trinajstić information content (AvgIpc) is 2.54. The van der Waals surface area contributed by atoms with Crippen LogP contribution in [0.4, 0.5) is 17.3 Å². The van der Waals surface area contributed by atoms with Gasteiger partial charge in [0.2, 0.25) is 5.88 Å². The van der Waals surface area contributed by atoms with E-state index in [1.165, 1.54) is 6.33 Å². The lowest BCUT2D eigenvalue weighted by atomic mass is 10.3.